The predicted molar refractivity (Wildman–Crippen MR) is 82.7 cm³/mol. The Balaban J connectivity index is 2.07. The van der Waals surface area contributed by atoms with E-state index in [-0.39, 0.29) is 5.82 Å². The lowest BCUT2D eigenvalue weighted by Crippen LogP contribution is -2.23. The molecule has 0 aliphatic heterocycles. The number of benzene rings is 2. The van der Waals surface area contributed by atoms with Crippen molar-refractivity contribution in [2.24, 2.45) is 5.92 Å². The zero-order chi connectivity index (χ0) is 14.4. The van der Waals surface area contributed by atoms with Crippen molar-refractivity contribution in [3.8, 4) is 0 Å². The van der Waals surface area contributed by atoms with Crippen LogP contribution in [0.5, 0.6) is 0 Å². The molecule has 3 heteroatoms. The third-order valence-corrected chi connectivity index (χ3v) is 3.65. The van der Waals surface area contributed by atoms with Gasteiger partial charge in [0.25, 0.3) is 0 Å². The fourth-order valence-electron chi connectivity index (χ4n) is 2.43. The maximum Gasteiger partial charge on any atom is 0.126 e. The normalized spacial score (nSPS) is 12.3. The summed E-state index contributed by atoms with van der Waals surface area (Å²) in [5.74, 6) is 0.239. The Morgan fingerprint density at radius 3 is 2.40 bits per heavy atom. The van der Waals surface area contributed by atoms with Crippen molar-refractivity contribution in [2.45, 2.75) is 12.8 Å². The second-order valence-corrected chi connectivity index (χ2v) is 5.49. The van der Waals surface area contributed by atoms with Crippen LogP contribution in [0.4, 0.5) is 4.39 Å². The fourth-order valence-corrected chi connectivity index (χ4v) is 2.56. The molecule has 0 radical (unpaired) electrons. The second kappa shape index (κ2) is 7.41. The standard InChI is InChI=1S/C17H19ClFN/c1-20-12-14(10-13-6-8-16(18)9-7-13)11-15-4-2-3-5-17(15)19/h2-9,14,20H,10-12H2,1H3. The first kappa shape index (κ1) is 15.0. The van der Waals surface area contributed by atoms with E-state index >= 15 is 0 Å². The van der Waals surface area contributed by atoms with Crippen LogP contribution in [0.3, 0.4) is 0 Å². The molecule has 1 nitrogen and oxygen atoms in total. The van der Waals surface area contributed by atoms with Gasteiger partial charge in [0.1, 0.15) is 5.82 Å². The van der Waals surface area contributed by atoms with E-state index in [9.17, 15) is 4.39 Å². The van der Waals surface area contributed by atoms with Gasteiger partial charge in [-0.1, -0.05) is 41.9 Å². The van der Waals surface area contributed by atoms with E-state index in [4.69, 9.17) is 11.6 Å². The van der Waals surface area contributed by atoms with E-state index in [1.54, 1.807) is 6.07 Å². The third kappa shape index (κ3) is 4.32. The lowest BCUT2D eigenvalue weighted by atomic mass is 9.92. The molecule has 0 saturated carbocycles. The van der Waals surface area contributed by atoms with Crippen molar-refractivity contribution in [2.75, 3.05) is 13.6 Å². The van der Waals surface area contributed by atoms with Gasteiger partial charge in [0.15, 0.2) is 0 Å². The maximum absolute atomic E-state index is 13.7. The first-order valence-corrected chi connectivity index (χ1v) is 7.19. The first-order chi connectivity index (χ1) is 9.69. The maximum atomic E-state index is 13.7. The molecule has 1 N–H and O–H groups in total. The Bertz CT molecular complexity index is 539. The molecule has 2 aromatic rings. The summed E-state index contributed by atoms with van der Waals surface area (Å²) < 4.78 is 13.7. The summed E-state index contributed by atoms with van der Waals surface area (Å²) in [5.41, 5.74) is 2.01. The Hall–Kier alpha value is -1.38. The molecule has 20 heavy (non-hydrogen) atoms. The Morgan fingerprint density at radius 2 is 1.75 bits per heavy atom. The molecule has 2 rings (SSSR count). The minimum atomic E-state index is -0.121. The van der Waals surface area contributed by atoms with E-state index in [1.807, 2.05) is 43.4 Å². The summed E-state index contributed by atoms with van der Waals surface area (Å²) in [6.07, 6.45) is 1.64. The molecule has 106 valence electrons. The van der Waals surface area contributed by atoms with E-state index in [0.29, 0.717) is 5.92 Å². The van der Waals surface area contributed by atoms with Gasteiger partial charge >= 0.3 is 0 Å². The minimum absolute atomic E-state index is 0.121. The van der Waals surface area contributed by atoms with Crippen LogP contribution in [0.15, 0.2) is 48.5 Å². The van der Waals surface area contributed by atoms with Crippen LogP contribution < -0.4 is 5.32 Å². The zero-order valence-electron chi connectivity index (χ0n) is 11.6. The SMILES string of the molecule is CNCC(Cc1ccc(Cl)cc1)Cc1ccccc1F. The average Bonchev–Trinajstić information content (AvgIpc) is 2.44. The van der Waals surface area contributed by atoms with E-state index in [0.717, 1.165) is 30.0 Å². The van der Waals surface area contributed by atoms with E-state index in [2.05, 4.69) is 5.32 Å². The molecule has 0 bridgehead atoms. The minimum Gasteiger partial charge on any atom is -0.319 e. The van der Waals surface area contributed by atoms with Crippen molar-refractivity contribution < 1.29 is 4.39 Å². The van der Waals surface area contributed by atoms with Crippen LogP contribution in [0.2, 0.25) is 5.02 Å². The second-order valence-electron chi connectivity index (χ2n) is 5.05. The number of nitrogens with one attached hydrogen (secondary N) is 1. The van der Waals surface area contributed by atoms with Gasteiger partial charge in [-0.15, -0.1) is 0 Å². The number of halogens is 2. The summed E-state index contributed by atoms with van der Waals surface area (Å²) in [5, 5.41) is 3.93. The Kier molecular flexibility index (Phi) is 5.57. The summed E-state index contributed by atoms with van der Waals surface area (Å²) >= 11 is 5.90. The highest BCUT2D eigenvalue weighted by atomic mass is 35.5. The molecule has 0 heterocycles. The Labute approximate surface area is 124 Å². The summed E-state index contributed by atoms with van der Waals surface area (Å²) in [4.78, 5) is 0. The van der Waals surface area contributed by atoms with Crippen LogP contribution >= 0.6 is 11.6 Å². The first-order valence-electron chi connectivity index (χ1n) is 6.81. The molecule has 0 aliphatic carbocycles. The molecular formula is C17H19ClFN. The van der Waals surface area contributed by atoms with Crippen molar-refractivity contribution in [3.05, 3.63) is 70.5 Å². The molecular weight excluding hydrogens is 273 g/mol. The monoisotopic (exact) mass is 291 g/mol. The topological polar surface area (TPSA) is 12.0 Å². The van der Waals surface area contributed by atoms with Gasteiger partial charge in [0, 0.05) is 5.02 Å². The van der Waals surface area contributed by atoms with Gasteiger partial charge in [-0.2, -0.15) is 0 Å². The molecule has 2 aromatic carbocycles. The molecule has 0 spiro atoms. The quantitative estimate of drug-likeness (QED) is 0.845. The molecule has 1 atom stereocenters. The summed E-state index contributed by atoms with van der Waals surface area (Å²) in [6.45, 7) is 0.858. The Morgan fingerprint density at radius 1 is 1.05 bits per heavy atom. The molecule has 0 fully saturated rings. The highest BCUT2D eigenvalue weighted by Crippen LogP contribution is 2.18. The zero-order valence-corrected chi connectivity index (χ0v) is 12.3. The van der Waals surface area contributed by atoms with Gasteiger partial charge in [-0.05, 0) is 61.7 Å². The lowest BCUT2D eigenvalue weighted by molar-refractivity contribution is 0.480. The van der Waals surface area contributed by atoms with Crippen LogP contribution in [-0.2, 0) is 12.8 Å². The largest absolute Gasteiger partial charge is 0.319 e. The fraction of sp³-hybridized carbons (Fsp3) is 0.294. The third-order valence-electron chi connectivity index (χ3n) is 3.40. The van der Waals surface area contributed by atoms with Crippen molar-refractivity contribution in [3.63, 3.8) is 0 Å². The smallest absolute Gasteiger partial charge is 0.126 e. The molecule has 0 aromatic heterocycles. The van der Waals surface area contributed by atoms with Crippen molar-refractivity contribution in [1.29, 1.82) is 0 Å². The number of rotatable bonds is 6. The number of hydrogen-bond donors (Lipinski definition) is 1. The van der Waals surface area contributed by atoms with Crippen LogP contribution in [0.25, 0.3) is 0 Å². The van der Waals surface area contributed by atoms with Crippen LogP contribution in [-0.4, -0.2) is 13.6 Å². The molecule has 0 aliphatic rings. The van der Waals surface area contributed by atoms with Gasteiger partial charge < -0.3 is 5.32 Å². The van der Waals surface area contributed by atoms with Crippen molar-refractivity contribution >= 4 is 11.6 Å². The van der Waals surface area contributed by atoms with Crippen molar-refractivity contribution in [1.82, 2.24) is 5.32 Å². The van der Waals surface area contributed by atoms with Gasteiger partial charge in [-0.3, -0.25) is 0 Å². The molecule has 0 saturated heterocycles. The summed E-state index contributed by atoms with van der Waals surface area (Å²) in [6, 6.07) is 14.9. The highest BCUT2D eigenvalue weighted by molar-refractivity contribution is 6.30. The lowest BCUT2D eigenvalue weighted by Gasteiger charge is -2.17. The molecule has 0 amide bonds. The van der Waals surface area contributed by atoms with Gasteiger partial charge in [-0.25, -0.2) is 4.39 Å². The van der Waals surface area contributed by atoms with E-state index in [1.165, 1.54) is 11.6 Å². The molecule has 1 unspecified atom stereocenters. The van der Waals surface area contributed by atoms with E-state index < -0.39 is 0 Å². The van der Waals surface area contributed by atoms with Crippen LogP contribution in [0, 0.1) is 11.7 Å². The summed E-state index contributed by atoms with van der Waals surface area (Å²) in [7, 11) is 1.93. The van der Waals surface area contributed by atoms with Crippen LogP contribution in [0.1, 0.15) is 11.1 Å². The predicted octanol–water partition coefficient (Wildman–Crippen LogP) is 4.10. The highest BCUT2D eigenvalue weighted by Gasteiger charge is 2.12. The average molecular weight is 292 g/mol. The number of hydrogen-bond acceptors (Lipinski definition) is 1. The van der Waals surface area contributed by atoms with Gasteiger partial charge in [0.2, 0.25) is 0 Å². The van der Waals surface area contributed by atoms with Gasteiger partial charge in [0.05, 0.1) is 0 Å².